The second-order valence-electron chi connectivity index (χ2n) is 3.42. The second kappa shape index (κ2) is 10.4. The minimum absolute atomic E-state index is 0.691. The van der Waals surface area contributed by atoms with Crippen molar-refractivity contribution in [3.05, 3.63) is 0 Å². The fourth-order valence-corrected chi connectivity index (χ4v) is 2.00. The Labute approximate surface area is 90.9 Å². The van der Waals surface area contributed by atoms with E-state index in [1.54, 1.807) is 0 Å². The molecule has 1 rings (SSSR count). The summed E-state index contributed by atoms with van der Waals surface area (Å²) in [5.74, 6) is 1.84. The van der Waals surface area contributed by atoms with Gasteiger partial charge in [-0.2, -0.15) is 12.6 Å². The fraction of sp³-hybridized carbons (Fsp3) is 1.00. The first kappa shape index (κ1) is 15.8. The lowest BCUT2D eigenvalue weighted by molar-refractivity contribution is 0.284. The summed E-state index contributed by atoms with van der Waals surface area (Å²) in [4.78, 5) is 0. The van der Waals surface area contributed by atoms with E-state index >= 15 is 0 Å². The molecule has 1 aliphatic rings. The number of hydrogen-bond acceptors (Lipinski definition) is 1. The monoisotopic (exact) mass is 204 g/mol. The second-order valence-corrected chi connectivity index (χ2v) is 4.15. The molecule has 3 atom stereocenters. The van der Waals surface area contributed by atoms with Crippen LogP contribution in [0.15, 0.2) is 0 Å². The van der Waals surface area contributed by atoms with Crippen molar-refractivity contribution in [1.82, 2.24) is 0 Å². The van der Waals surface area contributed by atoms with Crippen LogP contribution in [-0.2, 0) is 0 Å². The SMILES string of the molecule is CC.CC.CC1CCC(S)CC1C. The van der Waals surface area contributed by atoms with Crippen LogP contribution in [0.3, 0.4) is 0 Å². The summed E-state index contributed by atoms with van der Waals surface area (Å²) in [5.41, 5.74) is 0. The van der Waals surface area contributed by atoms with Crippen molar-refractivity contribution in [2.24, 2.45) is 11.8 Å². The molecule has 0 aromatic heterocycles. The average Bonchev–Trinajstić information content (AvgIpc) is 2.18. The Balaban J connectivity index is 0. The molecular formula is C12H28S. The predicted octanol–water partition coefficient (Wildman–Crippen LogP) is 4.79. The molecule has 0 aliphatic heterocycles. The van der Waals surface area contributed by atoms with E-state index in [0.29, 0.717) is 5.25 Å². The van der Waals surface area contributed by atoms with Crippen LogP contribution in [0.4, 0.5) is 0 Å². The summed E-state index contributed by atoms with van der Waals surface area (Å²) >= 11 is 4.46. The number of thiol groups is 1. The summed E-state index contributed by atoms with van der Waals surface area (Å²) in [6.45, 7) is 12.7. The van der Waals surface area contributed by atoms with Crippen LogP contribution in [0, 0.1) is 11.8 Å². The Morgan fingerprint density at radius 1 is 0.846 bits per heavy atom. The maximum absolute atomic E-state index is 4.46. The molecule has 0 radical (unpaired) electrons. The Morgan fingerprint density at radius 3 is 1.62 bits per heavy atom. The van der Waals surface area contributed by atoms with Crippen molar-refractivity contribution in [2.75, 3.05) is 0 Å². The van der Waals surface area contributed by atoms with Crippen LogP contribution in [0.1, 0.15) is 60.8 Å². The van der Waals surface area contributed by atoms with Gasteiger partial charge in [0.05, 0.1) is 0 Å². The Morgan fingerprint density at radius 2 is 1.31 bits per heavy atom. The molecule has 82 valence electrons. The molecule has 0 saturated heterocycles. The van der Waals surface area contributed by atoms with Crippen LogP contribution in [0.2, 0.25) is 0 Å². The van der Waals surface area contributed by atoms with Gasteiger partial charge in [-0.05, 0) is 31.1 Å². The Hall–Kier alpha value is 0.350. The lowest BCUT2D eigenvalue weighted by Crippen LogP contribution is -2.20. The Bertz CT molecular complexity index is 91.1. The lowest BCUT2D eigenvalue weighted by Gasteiger charge is -2.29. The molecular weight excluding hydrogens is 176 g/mol. The predicted molar refractivity (Wildman–Crippen MR) is 67.6 cm³/mol. The van der Waals surface area contributed by atoms with Crippen molar-refractivity contribution < 1.29 is 0 Å². The first-order chi connectivity index (χ1) is 6.20. The molecule has 3 unspecified atom stereocenters. The quantitative estimate of drug-likeness (QED) is 0.539. The zero-order valence-corrected chi connectivity index (χ0v) is 11.2. The molecule has 0 heterocycles. The normalized spacial score (nSPS) is 32.1. The van der Waals surface area contributed by atoms with Crippen LogP contribution in [-0.4, -0.2) is 5.25 Å². The average molecular weight is 204 g/mol. The molecule has 0 N–H and O–H groups in total. The summed E-state index contributed by atoms with van der Waals surface area (Å²) in [6, 6.07) is 0. The third-order valence-corrected chi connectivity index (χ3v) is 3.04. The topological polar surface area (TPSA) is 0 Å². The van der Waals surface area contributed by atoms with Gasteiger partial charge in [-0.15, -0.1) is 0 Å². The molecule has 1 heteroatoms. The van der Waals surface area contributed by atoms with E-state index in [2.05, 4.69) is 26.5 Å². The summed E-state index contributed by atoms with van der Waals surface area (Å²) in [6.07, 6.45) is 4.04. The highest BCUT2D eigenvalue weighted by Gasteiger charge is 2.21. The summed E-state index contributed by atoms with van der Waals surface area (Å²) in [7, 11) is 0. The highest BCUT2D eigenvalue weighted by atomic mass is 32.1. The van der Waals surface area contributed by atoms with Gasteiger partial charge in [-0.3, -0.25) is 0 Å². The third-order valence-electron chi connectivity index (χ3n) is 2.57. The van der Waals surface area contributed by atoms with Gasteiger partial charge in [-0.1, -0.05) is 41.5 Å². The zero-order chi connectivity index (χ0) is 10.9. The van der Waals surface area contributed by atoms with E-state index in [9.17, 15) is 0 Å². The largest absolute Gasteiger partial charge is 0.176 e. The molecule has 0 aromatic carbocycles. The van der Waals surface area contributed by atoms with Gasteiger partial charge < -0.3 is 0 Å². The molecule has 0 bridgehead atoms. The van der Waals surface area contributed by atoms with Gasteiger partial charge in [0.2, 0.25) is 0 Å². The smallest absolute Gasteiger partial charge is 0.00195 e. The van der Waals surface area contributed by atoms with E-state index < -0.39 is 0 Å². The first-order valence-electron chi connectivity index (χ1n) is 5.88. The third kappa shape index (κ3) is 7.42. The molecule has 0 aromatic rings. The molecule has 0 nitrogen and oxygen atoms in total. The first-order valence-corrected chi connectivity index (χ1v) is 6.40. The van der Waals surface area contributed by atoms with Crippen molar-refractivity contribution in [3.63, 3.8) is 0 Å². The van der Waals surface area contributed by atoms with Gasteiger partial charge in [0.25, 0.3) is 0 Å². The standard InChI is InChI=1S/C8H16S.2C2H6/c1-6-3-4-8(9)5-7(6)2;2*1-2/h6-9H,3-5H2,1-2H3;2*1-2H3. The van der Waals surface area contributed by atoms with E-state index in [0.717, 1.165) is 11.8 Å². The van der Waals surface area contributed by atoms with Crippen LogP contribution in [0.25, 0.3) is 0 Å². The minimum Gasteiger partial charge on any atom is -0.176 e. The maximum Gasteiger partial charge on any atom is 0.00195 e. The Kier molecular flexibility index (Phi) is 12.7. The van der Waals surface area contributed by atoms with E-state index in [1.807, 2.05) is 27.7 Å². The minimum atomic E-state index is 0.691. The molecule has 0 spiro atoms. The van der Waals surface area contributed by atoms with E-state index in [1.165, 1.54) is 19.3 Å². The molecule has 13 heavy (non-hydrogen) atoms. The van der Waals surface area contributed by atoms with Crippen LogP contribution >= 0.6 is 12.6 Å². The zero-order valence-electron chi connectivity index (χ0n) is 10.3. The van der Waals surface area contributed by atoms with Crippen molar-refractivity contribution in [3.8, 4) is 0 Å². The van der Waals surface area contributed by atoms with Crippen molar-refractivity contribution >= 4 is 12.6 Å². The van der Waals surface area contributed by atoms with E-state index in [-0.39, 0.29) is 0 Å². The maximum atomic E-state index is 4.46. The fourth-order valence-electron chi connectivity index (χ4n) is 1.52. The highest BCUT2D eigenvalue weighted by Crippen LogP contribution is 2.31. The van der Waals surface area contributed by atoms with Crippen LogP contribution < -0.4 is 0 Å². The lowest BCUT2D eigenvalue weighted by atomic mass is 9.81. The number of hydrogen-bond donors (Lipinski definition) is 1. The van der Waals surface area contributed by atoms with Gasteiger partial charge >= 0.3 is 0 Å². The van der Waals surface area contributed by atoms with Crippen LogP contribution in [0.5, 0.6) is 0 Å². The van der Waals surface area contributed by atoms with Gasteiger partial charge in [-0.25, -0.2) is 0 Å². The molecule has 0 amide bonds. The molecule has 1 aliphatic carbocycles. The molecule has 1 saturated carbocycles. The van der Waals surface area contributed by atoms with E-state index in [4.69, 9.17) is 0 Å². The molecule has 1 fully saturated rings. The highest BCUT2D eigenvalue weighted by molar-refractivity contribution is 7.80. The summed E-state index contributed by atoms with van der Waals surface area (Å²) in [5, 5.41) is 0.691. The van der Waals surface area contributed by atoms with Gasteiger partial charge in [0, 0.05) is 5.25 Å². The number of rotatable bonds is 0. The summed E-state index contributed by atoms with van der Waals surface area (Å²) < 4.78 is 0. The van der Waals surface area contributed by atoms with Crippen molar-refractivity contribution in [2.45, 2.75) is 66.1 Å². The van der Waals surface area contributed by atoms with Gasteiger partial charge in [0.15, 0.2) is 0 Å². The van der Waals surface area contributed by atoms with Crippen molar-refractivity contribution in [1.29, 1.82) is 0 Å². The van der Waals surface area contributed by atoms with Gasteiger partial charge in [0.1, 0.15) is 0 Å².